The Morgan fingerprint density at radius 1 is 1.53 bits per heavy atom. The van der Waals surface area contributed by atoms with E-state index in [2.05, 4.69) is 15.5 Å². The van der Waals surface area contributed by atoms with Crippen LogP contribution in [0.15, 0.2) is 18.3 Å². The molecule has 0 spiro atoms. The topological polar surface area (TPSA) is 87.0 Å². The highest BCUT2D eigenvalue weighted by atomic mass is 16.3. The van der Waals surface area contributed by atoms with E-state index in [1.54, 1.807) is 6.20 Å². The van der Waals surface area contributed by atoms with E-state index >= 15 is 0 Å². The normalized spacial score (nSPS) is 12.8. The van der Waals surface area contributed by atoms with Crippen LogP contribution in [-0.4, -0.2) is 28.0 Å². The molecule has 0 saturated carbocycles. The number of nitrogens with one attached hydrogen (secondary N) is 2. The molecule has 0 radical (unpaired) electrons. The second-order valence-corrected chi connectivity index (χ2v) is 4.22. The van der Waals surface area contributed by atoms with Gasteiger partial charge in [-0.3, -0.25) is 5.10 Å². The minimum Gasteiger partial charge on any atom is -0.397 e. The summed E-state index contributed by atoms with van der Waals surface area (Å²) in [6.07, 6.45) is 3.16. The number of aromatic amines is 1. The molecule has 1 atom stereocenters. The third-order valence-electron chi connectivity index (χ3n) is 2.76. The van der Waals surface area contributed by atoms with Crippen LogP contribution in [0.25, 0.3) is 10.9 Å². The molecule has 0 saturated heterocycles. The number of benzene rings is 1. The number of H-pyrrole nitrogens is 1. The lowest BCUT2D eigenvalue weighted by Crippen LogP contribution is -2.19. The van der Waals surface area contributed by atoms with E-state index < -0.39 is 0 Å². The zero-order valence-corrected chi connectivity index (χ0v) is 9.90. The van der Waals surface area contributed by atoms with Gasteiger partial charge in [0.25, 0.3) is 0 Å². The molecule has 2 aromatic rings. The van der Waals surface area contributed by atoms with Gasteiger partial charge in [0.2, 0.25) is 0 Å². The summed E-state index contributed by atoms with van der Waals surface area (Å²) in [6, 6.07) is 3.78. The van der Waals surface area contributed by atoms with Gasteiger partial charge in [0.05, 0.1) is 29.2 Å². The molecule has 0 amide bonds. The Morgan fingerprint density at radius 2 is 2.35 bits per heavy atom. The number of hydrogen-bond donors (Lipinski definition) is 4. The number of aromatic nitrogens is 2. The molecule has 5 heteroatoms. The standard InChI is InChI=1S/C12H18N4O/c1-2-3-9(17)7-14-12-5-11-8(4-10(12)13)6-15-16-11/h4-6,9,14,17H,2-3,7,13H2,1H3,(H,15,16). The van der Waals surface area contributed by atoms with Gasteiger partial charge >= 0.3 is 0 Å². The number of anilines is 2. The van der Waals surface area contributed by atoms with Crippen LogP contribution < -0.4 is 11.1 Å². The molecule has 1 unspecified atom stereocenters. The highest BCUT2D eigenvalue weighted by Gasteiger charge is 2.06. The lowest BCUT2D eigenvalue weighted by Gasteiger charge is -2.13. The van der Waals surface area contributed by atoms with Crippen molar-refractivity contribution in [3.05, 3.63) is 18.3 Å². The minimum absolute atomic E-state index is 0.336. The summed E-state index contributed by atoms with van der Waals surface area (Å²) < 4.78 is 0. The molecule has 0 aliphatic rings. The number of aliphatic hydroxyl groups excluding tert-OH is 1. The van der Waals surface area contributed by atoms with Crippen LogP contribution in [0.1, 0.15) is 19.8 Å². The number of aliphatic hydroxyl groups is 1. The Balaban J connectivity index is 2.09. The number of nitrogens with zero attached hydrogens (tertiary/aromatic N) is 1. The summed E-state index contributed by atoms with van der Waals surface area (Å²) in [5.41, 5.74) is 8.36. The van der Waals surface area contributed by atoms with Crippen molar-refractivity contribution in [2.45, 2.75) is 25.9 Å². The second-order valence-electron chi connectivity index (χ2n) is 4.22. The second kappa shape index (κ2) is 5.05. The molecule has 5 nitrogen and oxygen atoms in total. The molecular weight excluding hydrogens is 216 g/mol. The molecule has 0 aliphatic heterocycles. The average molecular weight is 234 g/mol. The highest BCUT2D eigenvalue weighted by molar-refractivity contribution is 5.88. The summed E-state index contributed by atoms with van der Waals surface area (Å²) in [6.45, 7) is 2.56. The maximum atomic E-state index is 9.65. The lowest BCUT2D eigenvalue weighted by atomic mass is 10.2. The van der Waals surface area contributed by atoms with Crippen molar-refractivity contribution in [1.82, 2.24) is 10.2 Å². The molecule has 92 valence electrons. The molecule has 17 heavy (non-hydrogen) atoms. The van der Waals surface area contributed by atoms with E-state index in [-0.39, 0.29) is 6.10 Å². The molecule has 1 aromatic heterocycles. The number of nitrogen functional groups attached to an aromatic ring is 1. The van der Waals surface area contributed by atoms with E-state index in [1.807, 2.05) is 19.1 Å². The van der Waals surface area contributed by atoms with E-state index in [9.17, 15) is 5.11 Å². The van der Waals surface area contributed by atoms with Crippen molar-refractivity contribution >= 4 is 22.3 Å². The Labute approximate surface area is 100 Å². The Morgan fingerprint density at radius 3 is 3.12 bits per heavy atom. The molecule has 0 aliphatic carbocycles. The van der Waals surface area contributed by atoms with Crippen molar-refractivity contribution < 1.29 is 5.11 Å². The van der Waals surface area contributed by atoms with Gasteiger partial charge in [-0.1, -0.05) is 13.3 Å². The minimum atomic E-state index is -0.336. The zero-order chi connectivity index (χ0) is 12.3. The summed E-state index contributed by atoms with van der Waals surface area (Å²) in [4.78, 5) is 0. The van der Waals surface area contributed by atoms with E-state index in [1.165, 1.54) is 0 Å². The summed E-state index contributed by atoms with van der Waals surface area (Å²) in [7, 11) is 0. The fourth-order valence-electron chi connectivity index (χ4n) is 1.83. The Kier molecular flexibility index (Phi) is 3.49. The molecule has 1 aromatic carbocycles. The van der Waals surface area contributed by atoms with Gasteiger partial charge in [0.15, 0.2) is 0 Å². The SMILES string of the molecule is CCCC(O)CNc1cc2[nH]ncc2cc1N. The molecule has 0 fully saturated rings. The van der Waals surface area contributed by atoms with Crippen LogP contribution in [0.3, 0.4) is 0 Å². The van der Waals surface area contributed by atoms with Gasteiger partial charge in [0, 0.05) is 11.9 Å². The number of fused-ring (bicyclic) bond motifs is 1. The summed E-state index contributed by atoms with van der Waals surface area (Å²) >= 11 is 0. The lowest BCUT2D eigenvalue weighted by molar-refractivity contribution is 0.176. The Hall–Kier alpha value is -1.75. The predicted octanol–water partition coefficient (Wildman–Crippen LogP) is 1.72. The molecule has 5 N–H and O–H groups in total. The Bertz CT molecular complexity index is 494. The summed E-state index contributed by atoms with van der Waals surface area (Å²) in [5.74, 6) is 0. The van der Waals surface area contributed by atoms with Gasteiger partial charge in [0.1, 0.15) is 0 Å². The van der Waals surface area contributed by atoms with E-state index in [0.29, 0.717) is 12.2 Å². The smallest absolute Gasteiger partial charge is 0.0712 e. The first-order chi connectivity index (χ1) is 8.20. The molecule has 1 heterocycles. The van der Waals surface area contributed by atoms with Gasteiger partial charge in [-0.05, 0) is 18.6 Å². The first kappa shape index (κ1) is 11.7. The van der Waals surface area contributed by atoms with E-state index in [0.717, 1.165) is 29.4 Å². The summed E-state index contributed by atoms with van der Waals surface area (Å²) in [5, 5.41) is 20.6. The first-order valence-corrected chi connectivity index (χ1v) is 5.85. The maximum absolute atomic E-state index is 9.65. The van der Waals surface area contributed by atoms with Crippen LogP contribution in [0.5, 0.6) is 0 Å². The molecule has 2 rings (SSSR count). The van der Waals surface area contributed by atoms with Crippen molar-refractivity contribution in [2.75, 3.05) is 17.6 Å². The van der Waals surface area contributed by atoms with Gasteiger partial charge in [-0.2, -0.15) is 5.10 Å². The fraction of sp³-hybridized carbons (Fsp3) is 0.417. The molecular formula is C12H18N4O. The molecule has 0 bridgehead atoms. The highest BCUT2D eigenvalue weighted by Crippen LogP contribution is 2.24. The third kappa shape index (κ3) is 2.68. The van der Waals surface area contributed by atoms with Gasteiger partial charge < -0.3 is 16.2 Å². The predicted molar refractivity (Wildman–Crippen MR) is 69.9 cm³/mol. The van der Waals surface area contributed by atoms with Gasteiger partial charge in [-0.15, -0.1) is 0 Å². The first-order valence-electron chi connectivity index (χ1n) is 5.85. The van der Waals surface area contributed by atoms with Crippen molar-refractivity contribution in [2.24, 2.45) is 0 Å². The van der Waals surface area contributed by atoms with E-state index in [4.69, 9.17) is 5.73 Å². The third-order valence-corrected chi connectivity index (χ3v) is 2.76. The number of rotatable bonds is 5. The number of nitrogens with two attached hydrogens (primary N) is 1. The van der Waals surface area contributed by atoms with Crippen LogP contribution in [-0.2, 0) is 0 Å². The number of hydrogen-bond acceptors (Lipinski definition) is 4. The monoisotopic (exact) mass is 234 g/mol. The van der Waals surface area contributed by atoms with Crippen LogP contribution in [0.4, 0.5) is 11.4 Å². The van der Waals surface area contributed by atoms with Crippen LogP contribution >= 0.6 is 0 Å². The average Bonchev–Trinajstić information content (AvgIpc) is 2.73. The van der Waals surface area contributed by atoms with Crippen LogP contribution in [0, 0.1) is 0 Å². The fourth-order valence-corrected chi connectivity index (χ4v) is 1.83. The van der Waals surface area contributed by atoms with Gasteiger partial charge in [-0.25, -0.2) is 0 Å². The van der Waals surface area contributed by atoms with Crippen molar-refractivity contribution in [3.63, 3.8) is 0 Å². The van der Waals surface area contributed by atoms with Crippen LogP contribution in [0.2, 0.25) is 0 Å². The van der Waals surface area contributed by atoms with Crippen molar-refractivity contribution in [1.29, 1.82) is 0 Å². The largest absolute Gasteiger partial charge is 0.397 e. The maximum Gasteiger partial charge on any atom is 0.0712 e. The quantitative estimate of drug-likeness (QED) is 0.593. The van der Waals surface area contributed by atoms with Crippen molar-refractivity contribution in [3.8, 4) is 0 Å². The zero-order valence-electron chi connectivity index (χ0n) is 9.90.